The quantitative estimate of drug-likeness (QED) is 0.844. The molecule has 1 amide bonds. The number of rotatable bonds is 7. The predicted octanol–water partition coefficient (Wildman–Crippen LogP) is 2.71. The minimum absolute atomic E-state index is 0.223. The molecule has 2 heterocycles. The number of nitrogens with one attached hydrogen (secondary N) is 1. The summed E-state index contributed by atoms with van der Waals surface area (Å²) in [6, 6.07) is 3.66. The minimum Gasteiger partial charge on any atom is -0.481 e. The van der Waals surface area contributed by atoms with Crippen LogP contribution < -0.4 is 14.8 Å². The van der Waals surface area contributed by atoms with Crippen molar-refractivity contribution in [3.8, 4) is 23.1 Å². The molecule has 0 aromatic carbocycles. The molecule has 0 aliphatic heterocycles. The van der Waals surface area contributed by atoms with E-state index < -0.39 is 0 Å². The molecule has 1 aliphatic rings. The number of amides is 1. The molecule has 0 atom stereocenters. The van der Waals surface area contributed by atoms with Gasteiger partial charge in [0, 0.05) is 30.6 Å². The molecule has 1 saturated carbocycles. The lowest BCUT2D eigenvalue weighted by molar-refractivity contribution is 0.234. The number of hydrogen-bond donors (Lipinski definition) is 1. The first-order valence-corrected chi connectivity index (χ1v) is 8.22. The van der Waals surface area contributed by atoms with Gasteiger partial charge in [0.15, 0.2) is 0 Å². The van der Waals surface area contributed by atoms with Crippen LogP contribution in [0.5, 0.6) is 11.9 Å². The average molecular weight is 330 g/mol. The lowest BCUT2D eigenvalue weighted by Crippen LogP contribution is -2.29. The highest BCUT2D eigenvalue weighted by Gasteiger charge is 2.21. The van der Waals surface area contributed by atoms with Crippen LogP contribution in [0, 0.1) is 5.92 Å². The minimum atomic E-state index is -0.223. The number of nitrogens with zero attached hydrogens (tertiary/aromatic N) is 3. The third-order valence-electron chi connectivity index (χ3n) is 3.93. The van der Waals surface area contributed by atoms with Gasteiger partial charge in [0.25, 0.3) is 0 Å². The van der Waals surface area contributed by atoms with Crippen molar-refractivity contribution >= 4 is 6.03 Å². The average Bonchev–Trinajstić information content (AvgIpc) is 3.33. The number of methoxy groups -OCH3 is 1. The molecule has 0 radical (unpaired) electrons. The predicted molar refractivity (Wildman–Crippen MR) is 89.3 cm³/mol. The maximum atomic E-state index is 12.4. The lowest BCUT2D eigenvalue weighted by atomic mass is 10.2. The van der Waals surface area contributed by atoms with Crippen molar-refractivity contribution in [2.45, 2.75) is 26.2 Å². The van der Waals surface area contributed by atoms with Crippen LogP contribution in [0.25, 0.3) is 11.3 Å². The Balaban J connectivity index is 1.76. The largest absolute Gasteiger partial charge is 0.481 e. The van der Waals surface area contributed by atoms with Gasteiger partial charge >= 0.3 is 12.0 Å². The molecule has 2 aromatic rings. The van der Waals surface area contributed by atoms with Crippen LogP contribution >= 0.6 is 0 Å². The summed E-state index contributed by atoms with van der Waals surface area (Å²) in [5, 5.41) is 2.92. The SMILES string of the molecule is CCOc1nc(-c2ccc(OC)nc2)cn1C(=O)NCCC1CC1. The first-order valence-electron chi connectivity index (χ1n) is 8.22. The van der Waals surface area contributed by atoms with Crippen LogP contribution in [0.4, 0.5) is 4.79 Å². The summed E-state index contributed by atoms with van der Waals surface area (Å²) < 4.78 is 12.0. The van der Waals surface area contributed by atoms with Crippen molar-refractivity contribution in [2.75, 3.05) is 20.3 Å². The monoisotopic (exact) mass is 330 g/mol. The molecule has 2 aromatic heterocycles. The highest BCUT2D eigenvalue weighted by Crippen LogP contribution is 2.31. The highest BCUT2D eigenvalue weighted by atomic mass is 16.5. The Kier molecular flexibility index (Phi) is 4.98. The molecule has 1 aliphatic carbocycles. The van der Waals surface area contributed by atoms with Gasteiger partial charge in [0.1, 0.15) is 0 Å². The fourth-order valence-corrected chi connectivity index (χ4v) is 2.41. The van der Waals surface area contributed by atoms with Crippen LogP contribution in [0.1, 0.15) is 26.2 Å². The van der Waals surface area contributed by atoms with Crippen molar-refractivity contribution in [3.05, 3.63) is 24.5 Å². The summed E-state index contributed by atoms with van der Waals surface area (Å²) in [7, 11) is 1.57. The summed E-state index contributed by atoms with van der Waals surface area (Å²) in [6.45, 7) is 2.97. The molecule has 0 bridgehead atoms. The molecule has 7 heteroatoms. The highest BCUT2D eigenvalue weighted by molar-refractivity contribution is 5.79. The zero-order valence-corrected chi connectivity index (χ0v) is 14.0. The van der Waals surface area contributed by atoms with Crippen LogP contribution in [0.3, 0.4) is 0 Å². The molecule has 1 fully saturated rings. The Morgan fingerprint density at radius 1 is 1.42 bits per heavy atom. The molecule has 1 N–H and O–H groups in total. The molecule has 3 rings (SSSR count). The zero-order chi connectivity index (χ0) is 16.9. The molecule has 0 saturated heterocycles. The van der Waals surface area contributed by atoms with E-state index in [9.17, 15) is 4.79 Å². The second-order valence-electron chi connectivity index (χ2n) is 5.76. The lowest BCUT2D eigenvalue weighted by Gasteiger charge is -2.07. The number of aromatic nitrogens is 3. The fraction of sp³-hybridized carbons (Fsp3) is 0.471. The van der Waals surface area contributed by atoms with Crippen molar-refractivity contribution in [3.63, 3.8) is 0 Å². The molecule has 24 heavy (non-hydrogen) atoms. The van der Waals surface area contributed by atoms with Gasteiger partial charge in [-0.25, -0.2) is 14.3 Å². The van der Waals surface area contributed by atoms with Gasteiger partial charge in [-0.05, 0) is 25.3 Å². The molecular formula is C17H22N4O3. The number of carbonyl (C=O) groups is 1. The second-order valence-corrected chi connectivity index (χ2v) is 5.76. The number of ether oxygens (including phenoxy) is 2. The van der Waals surface area contributed by atoms with Gasteiger partial charge in [-0.1, -0.05) is 12.8 Å². The van der Waals surface area contributed by atoms with Gasteiger partial charge < -0.3 is 14.8 Å². The van der Waals surface area contributed by atoms with Gasteiger partial charge in [-0.2, -0.15) is 4.98 Å². The van der Waals surface area contributed by atoms with E-state index in [4.69, 9.17) is 9.47 Å². The van der Waals surface area contributed by atoms with Gasteiger partial charge in [0.2, 0.25) is 5.88 Å². The van der Waals surface area contributed by atoms with Crippen LogP contribution in [-0.4, -0.2) is 40.8 Å². The van der Waals surface area contributed by atoms with Crippen LogP contribution in [0.2, 0.25) is 0 Å². The smallest absolute Gasteiger partial charge is 0.329 e. The summed E-state index contributed by atoms with van der Waals surface area (Å²) in [4.78, 5) is 21.0. The van der Waals surface area contributed by atoms with Crippen LogP contribution in [-0.2, 0) is 0 Å². The van der Waals surface area contributed by atoms with E-state index in [2.05, 4.69) is 15.3 Å². The number of carbonyl (C=O) groups excluding carboxylic acids is 1. The Bertz CT molecular complexity index is 692. The van der Waals surface area contributed by atoms with E-state index >= 15 is 0 Å². The van der Waals surface area contributed by atoms with Gasteiger partial charge in [-0.3, -0.25) is 0 Å². The van der Waals surface area contributed by atoms with E-state index in [0.29, 0.717) is 24.7 Å². The molecule has 0 spiro atoms. The Morgan fingerprint density at radius 3 is 2.88 bits per heavy atom. The Morgan fingerprint density at radius 2 is 2.25 bits per heavy atom. The number of hydrogen-bond acceptors (Lipinski definition) is 5. The summed E-state index contributed by atoms with van der Waals surface area (Å²) in [5.41, 5.74) is 1.42. The Hall–Kier alpha value is -2.57. The van der Waals surface area contributed by atoms with Crippen molar-refractivity contribution in [2.24, 2.45) is 5.92 Å². The molecule has 7 nitrogen and oxygen atoms in total. The van der Waals surface area contributed by atoms with Crippen molar-refractivity contribution in [1.29, 1.82) is 0 Å². The third-order valence-corrected chi connectivity index (χ3v) is 3.93. The van der Waals surface area contributed by atoms with Crippen molar-refractivity contribution in [1.82, 2.24) is 19.9 Å². The van der Waals surface area contributed by atoms with Crippen molar-refractivity contribution < 1.29 is 14.3 Å². The third kappa shape index (κ3) is 3.84. The number of pyridine rings is 1. The molecule has 0 unspecified atom stereocenters. The summed E-state index contributed by atoms with van der Waals surface area (Å²) in [5.74, 6) is 1.31. The standard InChI is InChI=1S/C17H22N4O3/c1-3-24-17-20-14(13-6-7-15(23-2)19-10-13)11-21(17)16(22)18-9-8-12-4-5-12/h6-7,10-12H,3-5,8-9H2,1-2H3,(H,18,22). The first kappa shape index (κ1) is 16.3. The Labute approximate surface area is 141 Å². The van der Waals surface area contributed by atoms with E-state index in [1.807, 2.05) is 13.0 Å². The fourth-order valence-electron chi connectivity index (χ4n) is 2.41. The molecule has 128 valence electrons. The normalized spacial score (nSPS) is 13.6. The first-order chi connectivity index (χ1) is 11.7. The second kappa shape index (κ2) is 7.33. The zero-order valence-electron chi connectivity index (χ0n) is 14.0. The van der Waals surface area contributed by atoms with E-state index in [1.54, 1.807) is 25.6 Å². The maximum absolute atomic E-state index is 12.4. The van der Waals surface area contributed by atoms with E-state index in [0.717, 1.165) is 17.9 Å². The number of imidazole rings is 1. The summed E-state index contributed by atoms with van der Waals surface area (Å²) >= 11 is 0. The molecular weight excluding hydrogens is 308 g/mol. The van der Waals surface area contributed by atoms with E-state index in [1.165, 1.54) is 17.4 Å². The summed E-state index contributed by atoms with van der Waals surface area (Å²) in [6.07, 6.45) is 6.91. The van der Waals surface area contributed by atoms with E-state index in [-0.39, 0.29) is 12.0 Å². The topological polar surface area (TPSA) is 78.3 Å². The van der Waals surface area contributed by atoms with Crippen LogP contribution in [0.15, 0.2) is 24.5 Å². The van der Waals surface area contributed by atoms with Gasteiger partial charge in [0.05, 0.1) is 19.4 Å². The maximum Gasteiger partial charge on any atom is 0.329 e. The van der Waals surface area contributed by atoms with Gasteiger partial charge in [-0.15, -0.1) is 0 Å².